The summed E-state index contributed by atoms with van der Waals surface area (Å²) in [6.45, 7) is 1.46. The van der Waals surface area contributed by atoms with Crippen molar-refractivity contribution in [3.05, 3.63) is 0 Å². The van der Waals surface area contributed by atoms with Gasteiger partial charge in [0.05, 0.1) is 5.75 Å². The Morgan fingerprint density at radius 3 is 2.31 bits per heavy atom. The molecule has 0 atom stereocenters. The smallest absolute Gasteiger partial charge is 0.323 e. The highest BCUT2D eigenvalue weighted by molar-refractivity contribution is 7.90. The van der Waals surface area contributed by atoms with E-state index in [-0.39, 0.29) is 18.8 Å². The second kappa shape index (κ2) is 6.31. The predicted octanol–water partition coefficient (Wildman–Crippen LogP) is -0.853. The number of hydrogen-bond acceptors (Lipinski definition) is 4. The van der Waals surface area contributed by atoms with Crippen LogP contribution in [0.5, 0.6) is 0 Å². The van der Waals surface area contributed by atoms with Crippen LogP contribution in [0, 0.1) is 0 Å². The third-order valence-corrected chi connectivity index (χ3v) is 2.69. The van der Waals surface area contributed by atoms with Crippen molar-refractivity contribution in [2.24, 2.45) is 0 Å². The van der Waals surface area contributed by atoms with Gasteiger partial charge >= 0.3 is 12.0 Å². The van der Waals surface area contributed by atoms with Crippen molar-refractivity contribution < 1.29 is 23.1 Å². The van der Waals surface area contributed by atoms with Crippen LogP contribution in [0.2, 0.25) is 0 Å². The average molecular weight is 252 g/mol. The zero-order valence-electron chi connectivity index (χ0n) is 9.26. The van der Waals surface area contributed by atoms with Crippen LogP contribution in [0.3, 0.4) is 0 Å². The number of aliphatic carboxylic acids is 1. The van der Waals surface area contributed by atoms with Crippen LogP contribution in [-0.2, 0) is 14.6 Å². The first-order chi connectivity index (χ1) is 7.26. The van der Waals surface area contributed by atoms with Gasteiger partial charge in [-0.3, -0.25) is 4.79 Å². The second-order valence-corrected chi connectivity index (χ2v) is 5.53. The van der Waals surface area contributed by atoms with E-state index in [4.69, 9.17) is 5.11 Å². The number of likely N-dealkylation sites (N-methyl/N-ethyl adjacent to an activating group) is 1. The summed E-state index contributed by atoms with van der Waals surface area (Å²) in [5.74, 6) is -1.27. The molecule has 0 saturated heterocycles. The molecule has 0 aliphatic heterocycles. The molecule has 0 heterocycles. The molecule has 0 aromatic carbocycles. The second-order valence-electron chi connectivity index (χ2n) is 3.27. The Kier molecular flexibility index (Phi) is 5.79. The lowest BCUT2D eigenvalue weighted by molar-refractivity contribution is -0.137. The Morgan fingerprint density at radius 2 is 1.94 bits per heavy atom. The van der Waals surface area contributed by atoms with Crippen molar-refractivity contribution in [1.29, 1.82) is 0 Å². The highest BCUT2D eigenvalue weighted by atomic mass is 32.2. The molecule has 0 fully saturated rings. The van der Waals surface area contributed by atoms with Gasteiger partial charge in [-0.05, 0) is 6.92 Å². The minimum atomic E-state index is -3.12. The fourth-order valence-electron chi connectivity index (χ4n) is 0.946. The molecule has 0 spiro atoms. The van der Waals surface area contributed by atoms with Crippen molar-refractivity contribution in [2.75, 3.05) is 31.6 Å². The third kappa shape index (κ3) is 7.04. The molecule has 16 heavy (non-hydrogen) atoms. The van der Waals surface area contributed by atoms with Crippen LogP contribution < -0.4 is 5.32 Å². The van der Waals surface area contributed by atoms with E-state index < -0.39 is 28.4 Å². The Hall–Kier alpha value is -1.31. The summed E-state index contributed by atoms with van der Waals surface area (Å²) >= 11 is 0. The largest absolute Gasteiger partial charge is 0.480 e. The molecule has 0 aliphatic carbocycles. The van der Waals surface area contributed by atoms with E-state index >= 15 is 0 Å². The van der Waals surface area contributed by atoms with Gasteiger partial charge in [-0.2, -0.15) is 0 Å². The van der Waals surface area contributed by atoms with Crippen LogP contribution >= 0.6 is 0 Å². The number of sulfone groups is 1. The number of carbonyl (C=O) groups is 2. The molecule has 0 aliphatic rings. The number of hydrogen-bond donors (Lipinski definition) is 2. The van der Waals surface area contributed by atoms with Gasteiger partial charge in [0.1, 0.15) is 16.4 Å². The van der Waals surface area contributed by atoms with E-state index in [1.807, 2.05) is 0 Å². The van der Waals surface area contributed by atoms with Gasteiger partial charge in [0.15, 0.2) is 0 Å². The van der Waals surface area contributed by atoms with Crippen LogP contribution in [0.25, 0.3) is 0 Å². The van der Waals surface area contributed by atoms with Crippen LogP contribution in [0.15, 0.2) is 0 Å². The molecular formula is C8H16N2O5S. The fraction of sp³-hybridized carbons (Fsp3) is 0.750. The Balaban J connectivity index is 4.08. The highest BCUT2D eigenvalue weighted by Gasteiger charge is 2.14. The summed E-state index contributed by atoms with van der Waals surface area (Å²) in [6.07, 6.45) is 1.06. The number of carboxylic acid groups (broad SMARTS) is 1. The minimum Gasteiger partial charge on any atom is -0.480 e. The first kappa shape index (κ1) is 14.7. The SMILES string of the molecule is CCN(CC(=O)O)C(=O)NCCS(C)(=O)=O. The summed E-state index contributed by atoms with van der Waals surface area (Å²) in [5, 5.41) is 10.8. The molecule has 0 rings (SSSR count). The van der Waals surface area contributed by atoms with Crippen LogP contribution in [0.4, 0.5) is 4.79 Å². The molecule has 2 N–H and O–H groups in total. The molecule has 0 aromatic rings. The van der Waals surface area contributed by atoms with Gasteiger partial charge in [-0.25, -0.2) is 13.2 Å². The average Bonchev–Trinajstić information content (AvgIpc) is 2.11. The Labute approximate surface area is 94.3 Å². The van der Waals surface area contributed by atoms with E-state index in [0.29, 0.717) is 0 Å². The van der Waals surface area contributed by atoms with Crippen molar-refractivity contribution in [3.63, 3.8) is 0 Å². The van der Waals surface area contributed by atoms with Gasteiger partial charge < -0.3 is 15.3 Å². The molecule has 8 heteroatoms. The van der Waals surface area contributed by atoms with Crippen molar-refractivity contribution in [3.8, 4) is 0 Å². The van der Waals surface area contributed by atoms with Gasteiger partial charge in [-0.15, -0.1) is 0 Å². The Morgan fingerprint density at radius 1 is 1.38 bits per heavy atom. The normalized spacial score (nSPS) is 10.9. The van der Waals surface area contributed by atoms with E-state index in [0.717, 1.165) is 11.2 Å². The topological polar surface area (TPSA) is 104 Å². The molecular weight excluding hydrogens is 236 g/mol. The lowest BCUT2D eigenvalue weighted by Gasteiger charge is -2.18. The van der Waals surface area contributed by atoms with E-state index in [9.17, 15) is 18.0 Å². The predicted molar refractivity (Wildman–Crippen MR) is 58.0 cm³/mol. The van der Waals surface area contributed by atoms with Crippen LogP contribution in [-0.4, -0.2) is 62.1 Å². The molecule has 0 unspecified atom stereocenters. The van der Waals surface area contributed by atoms with Gasteiger partial charge in [0.25, 0.3) is 0 Å². The maximum absolute atomic E-state index is 11.4. The number of rotatable bonds is 6. The van der Waals surface area contributed by atoms with Crippen molar-refractivity contribution >= 4 is 21.8 Å². The third-order valence-electron chi connectivity index (χ3n) is 1.74. The highest BCUT2D eigenvalue weighted by Crippen LogP contribution is 1.89. The molecule has 0 radical (unpaired) electrons. The van der Waals surface area contributed by atoms with Crippen molar-refractivity contribution in [2.45, 2.75) is 6.92 Å². The molecule has 0 aromatic heterocycles. The summed E-state index contributed by atoms with van der Waals surface area (Å²) in [6, 6.07) is -0.575. The van der Waals surface area contributed by atoms with E-state index in [1.165, 1.54) is 0 Å². The van der Waals surface area contributed by atoms with Gasteiger partial charge in [-0.1, -0.05) is 0 Å². The van der Waals surface area contributed by atoms with Gasteiger partial charge in [0, 0.05) is 19.3 Å². The maximum atomic E-state index is 11.4. The standard InChI is InChI=1S/C8H16N2O5S/c1-3-10(6-7(11)12)8(13)9-4-5-16(2,14)15/h3-6H2,1-2H3,(H,9,13)(H,11,12). The summed E-state index contributed by atoms with van der Waals surface area (Å²) in [7, 11) is -3.12. The zero-order valence-corrected chi connectivity index (χ0v) is 10.1. The minimum absolute atomic E-state index is 0.0201. The quantitative estimate of drug-likeness (QED) is 0.640. The van der Waals surface area contributed by atoms with E-state index in [1.54, 1.807) is 6.92 Å². The van der Waals surface area contributed by atoms with E-state index in [2.05, 4.69) is 5.32 Å². The van der Waals surface area contributed by atoms with Gasteiger partial charge in [0.2, 0.25) is 0 Å². The Bertz CT molecular complexity index is 351. The van der Waals surface area contributed by atoms with Crippen molar-refractivity contribution in [1.82, 2.24) is 10.2 Å². The molecule has 94 valence electrons. The first-order valence-electron chi connectivity index (χ1n) is 4.68. The number of carbonyl (C=O) groups excluding carboxylic acids is 1. The molecule has 0 saturated carbocycles. The van der Waals surface area contributed by atoms with Crippen LogP contribution in [0.1, 0.15) is 6.92 Å². The molecule has 7 nitrogen and oxygen atoms in total. The number of amides is 2. The lowest BCUT2D eigenvalue weighted by atomic mass is 10.5. The molecule has 0 bridgehead atoms. The number of carboxylic acids is 1. The first-order valence-corrected chi connectivity index (χ1v) is 6.74. The summed E-state index contributed by atoms with van der Waals surface area (Å²) in [5.41, 5.74) is 0. The lowest BCUT2D eigenvalue weighted by Crippen LogP contribution is -2.43. The molecule has 2 amide bonds. The monoisotopic (exact) mass is 252 g/mol. The zero-order chi connectivity index (χ0) is 12.8. The summed E-state index contributed by atoms with van der Waals surface area (Å²) in [4.78, 5) is 22.8. The number of urea groups is 1. The maximum Gasteiger partial charge on any atom is 0.323 e. The fourth-order valence-corrected chi connectivity index (χ4v) is 1.42. The number of nitrogens with zero attached hydrogens (tertiary/aromatic N) is 1. The summed E-state index contributed by atoms with van der Waals surface area (Å²) < 4.78 is 21.5. The number of nitrogens with one attached hydrogen (secondary N) is 1.